The molecule has 0 aliphatic heterocycles. The van der Waals surface area contributed by atoms with Crippen LogP contribution in [0.5, 0.6) is 0 Å². The molecule has 0 amide bonds. The van der Waals surface area contributed by atoms with Gasteiger partial charge in [-0.05, 0) is 50.2 Å². The SMILES string of the molecule is OC1/C=C/c2oc3c(c2CCCCCCC1)CCCCCCCCCC3. The highest BCUT2D eigenvalue weighted by atomic mass is 16.3. The van der Waals surface area contributed by atoms with Crippen LogP contribution in [0.1, 0.15) is 113 Å². The Kier molecular flexibility index (Phi) is 8.32. The summed E-state index contributed by atoms with van der Waals surface area (Å²) in [7, 11) is 0. The highest BCUT2D eigenvalue weighted by molar-refractivity contribution is 5.53. The molecule has 0 saturated carbocycles. The van der Waals surface area contributed by atoms with Gasteiger partial charge in [0.05, 0.1) is 6.10 Å². The van der Waals surface area contributed by atoms with Gasteiger partial charge in [-0.25, -0.2) is 0 Å². The lowest BCUT2D eigenvalue weighted by Gasteiger charge is -2.10. The topological polar surface area (TPSA) is 33.4 Å². The highest BCUT2D eigenvalue weighted by Gasteiger charge is 2.19. The largest absolute Gasteiger partial charge is 0.461 e. The van der Waals surface area contributed by atoms with Crippen molar-refractivity contribution in [1.29, 1.82) is 0 Å². The monoisotopic (exact) mass is 358 g/mol. The highest BCUT2D eigenvalue weighted by Crippen LogP contribution is 2.30. The molecule has 1 unspecified atom stereocenters. The lowest BCUT2D eigenvalue weighted by atomic mass is 9.93. The molecule has 1 aromatic heterocycles. The number of aliphatic hydroxyl groups excluding tert-OH is 1. The Morgan fingerprint density at radius 2 is 1.19 bits per heavy atom. The molecule has 0 spiro atoms. The van der Waals surface area contributed by atoms with E-state index in [9.17, 15) is 5.11 Å². The van der Waals surface area contributed by atoms with Gasteiger partial charge in [-0.3, -0.25) is 0 Å². The number of aryl methyl sites for hydroxylation is 1. The first-order valence-corrected chi connectivity index (χ1v) is 11.3. The van der Waals surface area contributed by atoms with Crippen LogP contribution in [-0.2, 0) is 19.3 Å². The predicted octanol–water partition coefficient (Wildman–Crippen LogP) is 6.77. The Hall–Kier alpha value is -1.02. The van der Waals surface area contributed by atoms with E-state index >= 15 is 0 Å². The van der Waals surface area contributed by atoms with Gasteiger partial charge < -0.3 is 9.52 Å². The Balaban J connectivity index is 1.83. The molecule has 1 atom stereocenters. The zero-order valence-corrected chi connectivity index (χ0v) is 16.6. The second kappa shape index (κ2) is 11.0. The number of fused-ring (bicyclic) bond motifs is 3. The van der Waals surface area contributed by atoms with Crippen LogP contribution in [0.2, 0.25) is 0 Å². The number of hydrogen-bond acceptors (Lipinski definition) is 2. The molecule has 2 aliphatic rings. The summed E-state index contributed by atoms with van der Waals surface area (Å²) < 4.78 is 6.39. The summed E-state index contributed by atoms with van der Waals surface area (Å²) in [6, 6.07) is 0. The summed E-state index contributed by atoms with van der Waals surface area (Å²) in [6.07, 6.45) is 25.1. The maximum absolute atomic E-state index is 10.2. The Morgan fingerprint density at radius 1 is 0.654 bits per heavy atom. The summed E-state index contributed by atoms with van der Waals surface area (Å²) in [5.74, 6) is 2.30. The van der Waals surface area contributed by atoms with E-state index in [1.807, 2.05) is 6.08 Å². The zero-order valence-electron chi connectivity index (χ0n) is 16.6. The minimum absolute atomic E-state index is 0.326. The van der Waals surface area contributed by atoms with Gasteiger partial charge >= 0.3 is 0 Å². The van der Waals surface area contributed by atoms with Gasteiger partial charge in [-0.2, -0.15) is 0 Å². The van der Waals surface area contributed by atoms with Gasteiger partial charge in [0.25, 0.3) is 0 Å². The molecule has 1 heterocycles. The average molecular weight is 359 g/mol. The van der Waals surface area contributed by atoms with Gasteiger partial charge in [0.15, 0.2) is 0 Å². The van der Waals surface area contributed by atoms with E-state index in [0.717, 1.165) is 31.4 Å². The normalized spacial score (nSPS) is 25.5. The second-order valence-corrected chi connectivity index (χ2v) is 8.41. The minimum atomic E-state index is -0.326. The maximum atomic E-state index is 10.2. The van der Waals surface area contributed by atoms with Crippen molar-refractivity contribution < 1.29 is 9.52 Å². The van der Waals surface area contributed by atoms with E-state index in [1.54, 1.807) is 0 Å². The van der Waals surface area contributed by atoms with Crippen molar-refractivity contribution >= 4 is 6.08 Å². The molecular formula is C24H38O2. The maximum Gasteiger partial charge on any atom is 0.130 e. The van der Waals surface area contributed by atoms with Gasteiger partial charge in [0.2, 0.25) is 0 Å². The fourth-order valence-corrected chi connectivity index (χ4v) is 4.60. The van der Waals surface area contributed by atoms with Crippen molar-refractivity contribution in [3.63, 3.8) is 0 Å². The third-order valence-corrected chi connectivity index (χ3v) is 6.21. The van der Waals surface area contributed by atoms with E-state index in [-0.39, 0.29) is 6.10 Å². The molecule has 0 saturated heterocycles. The van der Waals surface area contributed by atoms with Gasteiger partial charge in [0, 0.05) is 12.0 Å². The van der Waals surface area contributed by atoms with Crippen molar-refractivity contribution in [3.05, 3.63) is 28.7 Å². The quantitative estimate of drug-likeness (QED) is 0.555. The molecule has 26 heavy (non-hydrogen) atoms. The van der Waals surface area contributed by atoms with Crippen LogP contribution in [0.4, 0.5) is 0 Å². The van der Waals surface area contributed by atoms with Crippen molar-refractivity contribution in [2.75, 3.05) is 0 Å². The van der Waals surface area contributed by atoms with E-state index in [1.165, 1.54) is 100 Å². The van der Waals surface area contributed by atoms with Crippen LogP contribution in [0, 0.1) is 0 Å². The number of furan rings is 1. The predicted molar refractivity (Wildman–Crippen MR) is 109 cm³/mol. The molecule has 1 N–H and O–H groups in total. The smallest absolute Gasteiger partial charge is 0.130 e. The summed E-state index contributed by atoms with van der Waals surface area (Å²) >= 11 is 0. The molecule has 2 aliphatic carbocycles. The van der Waals surface area contributed by atoms with E-state index in [2.05, 4.69) is 6.08 Å². The summed E-state index contributed by atoms with van der Waals surface area (Å²) in [5.41, 5.74) is 2.98. The van der Waals surface area contributed by atoms with Crippen LogP contribution >= 0.6 is 0 Å². The zero-order chi connectivity index (χ0) is 18.0. The van der Waals surface area contributed by atoms with Crippen molar-refractivity contribution in [3.8, 4) is 0 Å². The lowest BCUT2D eigenvalue weighted by molar-refractivity contribution is 0.208. The number of hydrogen-bond donors (Lipinski definition) is 1. The van der Waals surface area contributed by atoms with Crippen molar-refractivity contribution in [1.82, 2.24) is 0 Å². The third-order valence-electron chi connectivity index (χ3n) is 6.21. The number of rotatable bonds is 0. The van der Waals surface area contributed by atoms with E-state index < -0.39 is 0 Å². The Labute approximate surface area is 160 Å². The summed E-state index contributed by atoms with van der Waals surface area (Å²) in [6.45, 7) is 0. The van der Waals surface area contributed by atoms with Crippen LogP contribution in [0.15, 0.2) is 10.5 Å². The van der Waals surface area contributed by atoms with Gasteiger partial charge in [-0.15, -0.1) is 0 Å². The molecule has 0 fully saturated rings. The van der Waals surface area contributed by atoms with E-state index in [0.29, 0.717) is 0 Å². The van der Waals surface area contributed by atoms with Crippen molar-refractivity contribution in [2.45, 2.75) is 115 Å². The lowest BCUT2D eigenvalue weighted by Crippen LogP contribution is -2.02. The van der Waals surface area contributed by atoms with Crippen LogP contribution in [0.3, 0.4) is 0 Å². The third kappa shape index (κ3) is 6.01. The molecule has 1 aromatic rings. The van der Waals surface area contributed by atoms with Gasteiger partial charge in [-0.1, -0.05) is 70.3 Å². The summed E-state index contributed by atoms with van der Waals surface area (Å²) in [4.78, 5) is 0. The van der Waals surface area contributed by atoms with Crippen LogP contribution < -0.4 is 0 Å². The second-order valence-electron chi connectivity index (χ2n) is 8.41. The fourth-order valence-electron chi connectivity index (χ4n) is 4.60. The van der Waals surface area contributed by atoms with Crippen LogP contribution in [-0.4, -0.2) is 11.2 Å². The molecular weight excluding hydrogens is 320 g/mol. The molecule has 2 nitrogen and oxygen atoms in total. The number of aliphatic hydroxyl groups is 1. The first-order chi connectivity index (χ1) is 12.8. The standard InChI is InChI=1S/C24H38O2/c25-20-14-10-6-5-8-12-16-22-21-15-11-7-3-1-2-4-9-13-17-23(21)26-24(22)19-18-20/h18-20,25H,1-17H2/b19-18+. The summed E-state index contributed by atoms with van der Waals surface area (Å²) in [5, 5.41) is 10.2. The molecule has 0 radical (unpaired) electrons. The van der Waals surface area contributed by atoms with Crippen LogP contribution in [0.25, 0.3) is 6.08 Å². The first-order valence-electron chi connectivity index (χ1n) is 11.3. The average Bonchev–Trinajstić information content (AvgIpc) is 2.94. The molecule has 146 valence electrons. The molecule has 0 bridgehead atoms. The molecule has 2 heteroatoms. The first kappa shape index (κ1) is 19.7. The minimum Gasteiger partial charge on any atom is -0.461 e. The molecule has 3 rings (SSSR count). The van der Waals surface area contributed by atoms with Crippen molar-refractivity contribution in [2.24, 2.45) is 0 Å². The fraction of sp³-hybridized carbons (Fsp3) is 0.750. The Morgan fingerprint density at radius 3 is 1.88 bits per heavy atom. The van der Waals surface area contributed by atoms with E-state index in [4.69, 9.17) is 4.42 Å². The Bertz CT molecular complexity index is 555. The molecule has 0 aromatic carbocycles. The van der Waals surface area contributed by atoms with Gasteiger partial charge in [0.1, 0.15) is 11.5 Å².